The maximum atomic E-state index is 4.51. The van der Waals surface area contributed by atoms with Crippen molar-refractivity contribution in [2.45, 2.75) is 10.9 Å². The number of hydrogen-bond donors (Lipinski definition) is 1. The summed E-state index contributed by atoms with van der Waals surface area (Å²) in [5.74, 6) is 1.54. The SMILES string of the molecule is C(=C\c1nc(SCc2cccc3cccnc23)n[nH]1)/c1ccccc1. The quantitative estimate of drug-likeness (QED) is 0.528. The molecule has 2 heterocycles. The van der Waals surface area contributed by atoms with E-state index in [0.717, 1.165) is 33.2 Å². The van der Waals surface area contributed by atoms with E-state index >= 15 is 0 Å². The van der Waals surface area contributed by atoms with Gasteiger partial charge in [0.05, 0.1) is 5.52 Å². The van der Waals surface area contributed by atoms with Crippen LogP contribution in [-0.2, 0) is 5.75 Å². The predicted octanol–water partition coefficient (Wildman–Crippen LogP) is 4.82. The topological polar surface area (TPSA) is 54.5 Å². The minimum atomic E-state index is 0.737. The van der Waals surface area contributed by atoms with Crippen molar-refractivity contribution in [3.63, 3.8) is 0 Å². The van der Waals surface area contributed by atoms with Gasteiger partial charge in [-0.2, -0.15) is 0 Å². The molecular formula is C20H16N4S. The third-order valence-corrected chi connectivity index (χ3v) is 4.68. The first-order valence-corrected chi connectivity index (χ1v) is 8.98. The van der Waals surface area contributed by atoms with Gasteiger partial charge in [0, 0.05) is 17.3 Å². The number of nitrogens with zero attached hydrogens (tertiary/aromatic N) is 3. The van der Waals surface area contributed by atoms with Gasteiger partial charge in [-0.05, 0) is 23.3 Å². The van der Waals surface area contributed by atoms with E-state index in [-0.39, 0.29) is 0 Å². The molecule has 0 aliphatic heterocycles. The molecule has 0 saturated carbocycles. The number of nitrogens with one attached hydrogen (secondary N) is 1. The molecule has 0 unspecified atom stereocenters. The Morgan fingerprint density at radius 3 is 2.72 bits per heavy atom. The normalized spacial score (nSPS) is 11.4. The third-order valence-electron chi connectivity index (χ3n) is 3.79. The van der Waals surface area contributed by atoms with Crippen LogP contribution in [-0.4, -0.2) is 20.2 Å². The number of rotatable bonds is 5. The van der Waals surface area contributed by atoms with Gasteiger partial charge >= 0.3 is 0 Å². The van der Waals surface area contributed by atoms with Gasteiger partial charge in [-0.25, -0.2) is 4.98 Å². The molecule has 0 saturated heterocycles. The van der Waals surface area contributed by atoms with Crippen LogP contribution in [0.2, 0.25) is 0 Å². The van der Waals surface area contributed by atoms with Crippen molar-refractivity contribution in [2.24, 2.45) is 0 Å². The zero-order valence-electron chi connectivity index (χ0n) is 13.5. The van der Waals surface area contributed by atoms with Gasteiger partial charge in [-0.1, -0.05) is 72.4 Å². The highest BCUT2D eigenvalue weighted by Crippen LogP contribution is 2.24. The molecular weight excluding hydrogens is 328 g/mol. The zero-order chi connectivity index (χ0) is 16.9. The van der Waals surface area contributed by atoms with Crippen molar-refractivity contribution in [1.82, 2.24) is 20.2 Å². The summed E-state index contributed by atoms with van der Waals surface area (Å²) < 4.78 is 0. The fraction of sp³-hybridized carbons (Fsp3) is 0.0500. The number of pyridine rings is 1. The number of H-pyrrole nitrogens is 1. The average Bonchev–Trinajstić information content (AvgIpc) is 3.13. The van der Waals surface area contributed by atoms with Crippen molar-refractivity contribution in [3.05, 3.63) is 83.8 Å². The molecule has 0 fully saturated rings. The molecule has 0 radical (unpaired) electrons. The summed E-state index contributed by atoms with van der Waals surface area (Å²) in [6.07, 6.45) is 5.78. The van der Waals surface area contributed by atoms with Crippen LogP contribution in [0.15, 0.2) is 72.0 Å². The van der Waals surface area contributed by atoms with Crippen molar-refractivity contribution >= 4 is 34.8 Å². The Bertz CT molecular complexity index is 1000. The van der Waals surface area contributed by atoms with Crippen LogP contribution in [0.5, 0.6) is 0 Å². The van der Waals surface area contributed by atoms with Gasteiger partial charge in [0.25, 0.3) is 0 Å². The molecule has 2 aromatic carbocycles. The van der Waals surface area contributed by atoms with Crippen molar-refractivity contribution in [1.29, 1.82) is 0 Å². The Hall–Kier alpha value is -2.92. The summed E-state index contributed by atoms with van der Waals surface area (Å²) in [7, 11) is 0. The van der Waals surface area contributed by atoms with E-state index in [9.17, 15) is 0 Å². The Morgan fingerprint density at radius 2 is 1.80 bits per heavy atom. The highest BCUT2D eigenvalue weighted by atomic mass is 32.2. The molecule has 0 spiro atoms. The molecule has 4 nitrogen and oxygen atoms in total. The minimum Gasteiger partial charge on any atom is -0.259 e. The number of hydrogen-bond acceptors (Lipinski definition) is 4. The largest absolute Gasteiger partial charge is 0.259 e. The lowest BCUT2D eigenvalue weighted by Gasteiger charge is -2.03. The molecule has 122 valence electrons. The second-order valence-corrected chi connectivity index (χ2v) is 6.47. The average molecular weight is 344 g/mol. The van der Waals surface area contributed by atoms with Crippen molar-refractivity contribution in [2.75, 3.05) is 0 Å². The Balaban J connectivity index is 1.45. The molecule has 0 aliphatic carbocycles. The van der Waals surface area contributed by atoms with E-state index < -0.39 is 0 Å². The molecule has 1 N–H and O–H groups in total. The van der Waals surface area contributed by atoms with Crippen LogP contribution in [0, 0.1) is 0 Å². The standard InChI is InChI=1S/C20H16N4S/c1-2-6-15(7-3-1)11-12-18-22-20(24-23-18)25-14-17-9-4-8-16-10-5-13-21-19(16)17/h1-13H,14H2,(H,22,23,24)/b12-11+. The predicted molar refractivity (Wildman–Crippen MR) is 103 cm³/mol. The minimum absolute atomic E-state index is 0.737. The highest BCUT2D eigenvalue weighted by molar-refractivity contribution is 7.98. The monoisotopic (exact) mass is 344 g/mol. The van der Waals surface area contributed by atoms with Crippen LogP contribution in [0.4, 0.5) is 0 Å². The van der Waals surface area contributed by atoms with Crippen molar-refractivity contribution < 1.29 is 0 Å². The summed E-state index contributed by atoms with van der Waals surface area (Å²) in [5, 5.41) is 9.14. The molecule has 0 amide bonds. The maximum absolute atomic E-state index is 4.51. The maximum Gasteiger partial charge on any atom is 0.209 e. The van der Waals surface area contributed by atoms with E-state index in [1.807, 2.05) is 42.6 Å². The lowest BCUT2D eigenvalue weighted by atomic mass is 10.1. The third kappa shape index (κ3) is 3.78. The first kappa shape index (κ1) is 15.6. The lowest BCUT2D eigenvalue weighted by molar-refractivity contribution is 0.972. The van der Waals surface area contributed by atoms with Crippen molar-refractivity contribution in [3.8, 4) is 0 Å². The fourth-order valence-electron chi connectivity index (χ4n) is 2.56. The molecule has 0 aliphatic rings. The zero-order valence-corrected chi connectivity index (χ0v) is 14.3. The van der Waals surface area contributed by atoms with E-state index in [0.29, 0.717) is 0 Å². The first-order chi connectivity index (χ1) is 12.4. The second-order valence-electron chi connectivity index (χ2n) is 5.53. The molecule has 4 aromatic rings. The number of benzene rings is 2. The van der Waals surface area contributed by atoms with Gasteiger partial charge in [0.2, 0.25) is 5.16 Å². The molecule has 4 rings (SSSR count). The first-order valence-electron chi connectivity index (χ1n) is 7.99. The Labute approximate surface area is 150 Å². The summed E-state index contributed by atoms with van der Waals surface area (Å²) >= 11 is 1.60. The second kappa shape index (κ2) is 7.32. The van der Waals surface area contributed by atoms with E-state index in [2.05, 4.69) is 56.6 Å². The highest BCUT2D eigenvalue weighted by Gasteiger charge is 2.06. The molecule has 5 heteroatoms. The molecule has 25 heavy (non-hydrogen) atoms. The van der Waals surface area contributed by atoms with E-state index in [1.54, 1.807) is 11.8 Å². The Kier molecular flexibility index (Phi) is 4.57. The Morgan fingerprint density at radius 1 is 0.920 bits per heavy atom. The van der Waals surface area contributed by atoms with Gasteiger partial charge in [-0.3, -0.25) is 10.1 Å². The number of aromatic nitrogens is 4. The van der Waals surface area contributed by atoms with Crippen LogP contribution < -0.4 is 0 Å². The van der Waals surface area contributed by atoms with E-state index in [4.69, 9.17) is 0 Å². The van der Waals surface area contributed by atoms with Crippen LogP contribution >= 0.6 is 11.8 Å². The summed E-state index contributed by atoms with van der Waals surface area (Å²) in [6, 6.07) is 20.4. The van der Waals surface area contributed by atoms with Crippen LogP contribution in [0.1, 0.15) is 17.0 Å². The summed E-state index contributed by atoms with van der Waals surface area (Å²) in [5.41, 5.74) is 3.36. The summed E-state index contributed by atoms with van der Waals surface area (Å²) in [4.78, 5) is 9.00. The smallest absolute Gasteiger partial charge is 0.209 e. The van der Waals surface area contributed by atoms with Gasteiger partial charge in [0.1, 0.15) is 5.82 Å². The molecule has 0 atom stereocenters. The number of para-hydroxylation sites is 1. The molecule has 2 aromatic heterocycles. The molecule has 0 bridgehead atoms. The summed E-state index contributed by atoms with van der Waals surface area (Å²) in [6.45, 7) is 0. The van der Waals surface area contributed by atoms with Gasteiger partial charge in [0.15, 0.2) is 0 Å². The van der Waals surface area contributed by atoms with Crippen LogP contribution in [0.25, 0.3) is 23.1 Å². The van der Waals surface area contributed by atoms with Gasteiger partial charge < -0.3 is 0 Å². The number of thioether (sulfide) groups is 1. The number of fused-ring (bicyclic) bond motifs is 1. The lowest BCUT2D eigenvalue weighted by Crippen LogP contribution is -1.87. The number of aromatic amines is 1. The van der Waals surface area contributed by atoms with E-state index in [1.165, 1.54) is 5.56 Å². The van der Waals surface area contributed by atoms with Crippen LogP contribution in [0.3, 0.4) is 0 Å². The van der Waals surface area contributed by atoms with Gasteiger partial charge in [-0.15, -0.1) is 5.10 Å². The fourth-order valence-corrected chi connectivity index (χ4v) is 3.35.